The maximum absolute atomic E-state index is 11.7. The number of pyridine rings is 1. The van der Waals surface area contributed by atoms with Gasteiger partial charge >= 0.3 is 5.91 Å². The monoisotopic (exact) mass is 270 g/mol. The van der Waals surface area contributed by atoms with Gasteiger partial charge in [-0.2, -0.15) is 9.67 Å². The molecule has 0 saturated carbocycles. The lowest BCUT2D eigenvalue weighted by Gasteiger charge is -1.97. The number of nitrogens with one attached hydrogen (secondary N) is 1. The molecule has 0 saturated heterocycles. The molecule has 2 heterocycles. The van der Waals surface area contributed by atoms with Crippen LogP contribution in [0.15, 0.2) is 64.6 Å². The standard InChI is InChI=1S/C15H15N3O2/c1-13(7-8-14-6-5-11-20-14)16-17-15(19)12-18-9-3-2-4-10-18/h2-11H,12H2,1H3/p+1/b8-7+,16-13+. The van der Waals surface area contributed by atoms with Crippen LogP contribution in [-0.2, 0) is 11.3 Å². The van der Waals surface area contributed by atoms with Gasteiger partial charge in [-0.05, 0) is 31.2 Å². The van der Waals surface area contributed by atoms with Crippen molar-refractivity contribution in [2.45, 2.75) is 13.5 Å². The summed E-state index contributed by atoms with van der Waals surface area (Å²) in [5, 5.41) is 3.99. The lowest BCUT2D eigenvalue weighted by molar-refractivity contribution is -0.684. The van der Waals surface area contributed by atoms with E-state index in [4.69, 9.17) is 4.42 Å². The van der Waals surface area contributed by atoms with Gasteiger partial charge < -0.3 is 4.42 Å². The molecule has 2 rings (SSSR count). The Morgan fingerprint density at radius 3 is 2.85 bits per heavy atom. The smallest absolute Gasteiger partial charge is 0.305 e. The second-order valence-electron chi connectivity index (χ2n) is 4.18. The number of hydrogen-bond acceptors (Lipinski definition) is 3. The van der Waals surface area contributed by atoms with Gasteiger partial charge in [0.15, 0.2) is 12.4 Å². The molecular weight excluding hydrogens is 254 g/mol. The van der Waals surface area contributed by atoms with Crippen molar-refractivity contribution in [1.29, 1.82) is 0 Å². The van der Waals surface area contributed by atoms with Crippen LogP contribution in [-0.4, -0.2) is 11.6 Å². The van der Waals surface area contributed by atoms with E-state index < -0.39 is 0 Å². The van der Waals surface area contributed by atoms with Gasteiger partial charge in [0, 0.05) is 12.1 Å². The van der Waals surface area contributed by atoms with Gasteiger partial charge in [-0.3, -0.25) is 4.79 Å². The molecule has 1 N–H and O–H groups in total. The second kappa shape index (κ2) is 7.04. The van der Waals surface area contributed by atoms with Crippen LogP contribution in [0.5, 0.6) is 0 Å². The highest BCUT2D eigenvalue weighted by Gasteiger charge is 2.06. The summed E-state index contributed by atoms with van der Waals surface area (Å²) in [4.78, 5) is 11.7. The minimum atomic E-state index is -0.174. The highest BCUT2D eigenvalue weighted by Crippen LogP contribution is 2.02. The van der Waals surface area contributed by atoms with E-state index in [0.717, 1.165) is 5.76 Å². The Kier molecular flexibility index (Phi) is 4.83. The van der Waals surface area contributed by atoms with Crippen molar-refractivity contribution < 1.29 is 13.8 Å². The van der Waals surface area contributed by atoms with Gasteiger partial charge in [-0.25, -0.2) is 5.43 Å². The summed E-state index contributed by atoms with van der Waals surface area (Å²) in [5.74, 6) is 0.567. The fourth-order valence-corrected chi connectivity index (χ4v) is 1.52. The highest BCUT2D eigenvalue weighted by molar-refractivity contribution is 5.96. The van der Waals surface area contributed by atoms with E-state index in [1.54, 1.807) is 29.9 Å². The lowest BCUT2D eigenvalue weighted by Crippen LogP contribution is -2.41. The zero-order chi connectivity index (χ0) is 14.2. The van der Waals surface area contributed by atoms with Crippen molar-refractivity contribution >= 4 is 17.7 Å². The molecule has 5 nitrogen and oxygen atoms in total. The quantitative estimate of drug-likeness (QED) is 0.511. The Hall–Kier alpha value is -2.69. The van der Waals surface area contributed by atoms with Crippen LogP contribution in [0.1, 0.15) is 12.7 Å². The number of carbonyl (C=O) groups is 1. The molecule has 0 unspecified atom stereocenters. The topological polar surface area (TPSA) is 58.5 Å². The first-order chi connectivity index (χ1) is 9.74. The Morgan fingerprint density at radius 1 is 1.35 bits per heavy atom. The highest BCUT2D eigenvalue weighted by atomic mass is 16.3. The molecule has 0 bridgehead atoms. The lowest BCUT2D eigenvalue weighted by atomic mass is 10.3. The predicted octanol–water partition coefficient (Wildman–Crippen LogP) is 1.77. The Labute approximate surface area is 117 Å². The third kappa shape index (κ3) is 4.53. The van der Waals surface area contributed by atoms with E-state index in [9.17, 15) is 4.79 Å². The van der Waals surface area contributed by atoms with Crippen molar-refractivity contribution in [1.82, 2.24) is 5.43 Å². The summed E-state index contributed by atoms with van der Waals surface area (Å²) in [6, 6.07) is 9.29. The zero-order valence-corrected chi connectivity index (χ0v) is 11.2. The molecule has 2 aromatic rings. The molecule has 102 valence electrons. The Balaban J connectivity index is 1.84. The van der Waals surface area contributed by atoms with Gasteiger partial charge in [0.2, 0.25) is 6.54 Å². The molecule has 0 radical (unpaired) electrons. The fraction of sp³-hybridized carbons (Fsp3) is 0.133. The van der Waals surface area contributed by atoms with Crippen LogP contribution in [0.2, 0.25) is 0 Å². The first-order valence-electron chi connectivity index (χ1n) is 6.23. The SMILES string of the molecule is CC(/C=C/c1ccco1)=N\NC(=O)C[n+]1ccccc1. The van der Waals surface area contributed by atoms with Crippen molar-refractivity contribution in [2.75, 3.05) is 0 Å². The number of amides is 1. The van der Waals surface area contributed by atoms with Gasteiger partial charge in [-0.15, -0.1) is 0 Å². The van der Waals surface area contributed by atoms with Crippen LogP contribution in [0.25, 0.3) is 6.08 Å². The summed E-state index contributed by atoms with van der Waals surface area (Å²) in [6.45, 7) is 2.04. The Bertz CT molecular complexity index is 601. The number of aromatic nitrogens is 1. The first-order valence-corrected chi connectivity index (χ1v) is 6.23. The minimum Gasteiger partial charge on any atom is -0.465 e. The van der Waals surface area contributed by atoms with E-state index in [-0.39, 0.29) is 12.5 Å². The van der Waals surface area contributed by atoms with E-state index in [0.29, 0.717) is 5.71 Å². The zero-order valence-electron chi connectivity index (χ0n) is 11.2. The number of rotatable bonds is 5. The van der Waals surface area contributed by atoms with Crippen LogP contribution in [0, 0.1) is 0 Å². The van der Waals surface area contributed by atoms with Crippen molar-refractivity contribution in [2.24, 2.45) is 5.10 Å². The molecule has 0 aliphatic heterocycles. The van der Waals surface area contributed by atoms with Crippen molar-refractivity contribution in [3.05, 3.63) is 60.8 Å². The summed E-state index contributed by atoms with van der Waals surface area (Å²) >= 11 is 0. The molecule has 0 aliphatic rings. The molecule has 0 atom stereocenters. The van der Waals surface area contributed by atoms with Gasteiger partial charge in [0.05, 0.1) is 12.0 Å². The van der Waals surface area contributed by atoms with E-state index in [1.165, 1.54) is 0 Å². The number of carbonyl (C=O) groups excluding carboxylic acids is 1. The third-order valence-electron chi connectivity index (χ3n) is 2.49. The van der Waals surface area contributed by atoms with Crippen LogP contribution >= 0.6 is 0 Å². The molecule has 2 aromatic heterocycles. The molecule has 20 heavy (non-hydrogen) atoms. The number of allylic oxidation sites excluding steroid dienone is 1. The third-order valence-corrected chi connectivity index (χ3v) is 2.49. The minimum absolute atomic E-state index is 0.174. The van der Waals surface area contributed by atoms with Crippen molar-refractivity contribution in [3.63, 3.8) is 0 Å². The molecule has 0 aliphatic carbocycles. The molecule has 0 aromatic carbocycles. The van der Waals surface area contributed by atoms with Crippen LogP contribution in [0.4, 0.5) is 0 Å². The fourth-order valence-electron chi connectivity index (χ4n) is 1.52. The largest absolute Gasteiger partial charge is 0.465 e. The number of furan rings is 1. The number of hydrogen-bond donors (Lipinski definition) is 1. The van der Waals surface area contributed by atoms with Crippen LogP contribution in [0.3, 0.4) is 0 Å². The molecule has 0 spiro atoms. The Morgan fingerprint density at radius 2 is 2.15 bits per heavy atom. The van der Waals surface area contributed by atoms with Gasteiger partial charge in [0.25, 0.3) is 0 Å². The van der Waals surface area contributed by atoms with E-state index in [1.807, 2.05) is 42.7 Å². The molecule has 1 amide bonds. The number of nitrogens with zero attached hydrogens (tertiary/aromatic N) is 2. The van der Waals surface area contributed by atoms with E-state index >= 15 is 0 Å². The van der Waals surface area contributed by atoms with E-state index in [2.05, 4.69) is 10.5 Å². The average Bonchev–Trinajstić information content (AvgIpc) is 2.97. The van der Waals surface area contributed by atoms with Crippen molar-refractivity contribution in [3.8, 4) is 0 Å². The first kappa shape index (κ1) is 13.7. The van der Waals surface area contributed by atoms with Crippen LogP contribution < -0.4 is 9.99 Å². The number of hydrazone groups is 1. The molecule has 5 heteroatoms. The molecule has 0 fully saturated rings. The average molecular weight is 270 g/mol. The summed E-state index contributed by atoms with van der Waals surface area (Å²) in [5.41, 5.74) is 3.20. The second-order valence-corrected chi connectivity index (χ2v) is 4.18. The summed E-state index contributed by atoms with van der Waals surface area (Å²) < 4.78 is 6.93. The van der Waals surface area contributed by atoms with Gasteiger partial charge in [-0.1, -0.05) is 6.07 Å². The van der Waals surface area contributed by atoms with Gasteiger partial charge in [0.1, 0.15) is 5.76 Å². The normalized spacial score (nSPS) is 11.8. The maximum Gasteiger partial charge on any atom is 0.305 e. The predicted molar refractivity (Wildman–Crippen MR) is 75.6 cm³/mol. The summed E-state index contributed by atoms with van der Waals surface area (Å²) in [6.07, 6.45) is 8.82. The summed E-state index contributed by atoms with van der Waals surface area (Å²) in [7, 11) is 0. The molecular formula is C15H16N3O2+. The maximum atomic E-state index is 11.7.